The number of nitro benzene ring substituents is 1. The number of nitrogens with one attached hydrogen (secondary N) is 2. The first kappa shape index (κ1) is 17.5. The fourth-order valence-corrected chi connectivity index (χ4v) is 2.59. The SMILES string of the molecule is Cc1[nH]c2ccccc2c1/C=N\Nc1cc(C(F)(F)F)ccc1[N+](=O)[O-]. The summed E-state index contributed by atoms with van der Waals surface area (Å²) in [6.45, 7) is 1.83. The van der Waals surface area contributed by atoms with Gasteiger partial charge in [-0.2, -0.15) is 18.3 Å². The third-order valence-electron chi connectivity index (χ3n) is 3.84. The van der Waals surface area contributed by atoms with E-state index in [1.807, 2.05) is 31.2 Å². The van der Waals surface area contributed by atoms with Gasteiger partial charge in [0.25, 0.3) is 5.69 Å². The Labute approximate surface area is 145 Å². The van der Waals surface area contributed by atoms with Crippen molar-refractivity contribution in [3.8, 4) is 0 Å². The number of alkyl halides is 3. The summed E-state index contributed by atoms with van der Waals surface area (Å²) in [4.78, 5) is 13.4. The van der Waals surface area contributed by atoms with Gasteiger partial charge in [0.15, 0.2) is 0 Å². The number of hydrogen-bond donors (Lipinski definition) is 2. The van der Waals surface area contributed by atoms with E-state index in [1.165, 1.54) is 6.21 Å². The van der Waals surface area contributed by atoms with Crippen LogP contribution in [-0.2, 0) is 6.18 Å². The Kier molecular flexibility index (Phi) is 4.37. The van der Waals surface area contributed by atoms with Crippen LogP contribution in [0.25, 0.3) is 10.9 Å². The lowest BCUT2D eigenvalue weighted by atomic mass is 10.1. The van der Waals surface area contributed by atoms with Crippen LogP contribution in [-0.4, -0.2) is 16.1 Å². The average molecular weight is 362 g/mol. The summed E-state index contributed by atoms with van der Waals surface area (Å²) in [5.41, 5.74) is 2.97. The van der Waals surface area contributed by atoms with Crippen molar-refractivity contribution in [2.24, 2.45) is 5.10 Å². The lowest BCUT2D eigenvalue weighted by Gasteiger charge is -2.08. The van der Waals surface area contributed by atoms with Crippen molar-refractivity contribution < 1.29 is 18.1 Å². The van der Waals surface area contributed by atoms with Crippen molar-refractivity contribution in [2.45, 2.75) is 13.1 Å². The largest absolute Gasteiger partial charge is 0.416 e. The zero-order valence-corrected chi connectivity index (χ0v) is 13.5. The summed E-state index contributed by atoms with van der Waals surface area (Å²) in [5, 5.41) is 15.8. The minimum absolute atomic E-state index is 0.335. The van der Waals surface area contributed by atoms with Crippen LogP contribution in [0.5, 0.6) is 0 Å². The Bertz CT molecular complexity index is 1010. The fraction of sp³-hybridized carbons (Fsp3) is 0.118. The predicted molar refractivity (Wildman–Crippen MR) is 92.4 cm³/mol. The molecule has 0 aliphatic rings. The highest BCUT2D eigenvalue weighted by molar-refractivity contribution is 6.00. The van der Waals surface area contributed by atoms with Crippen LogP contribution in [0.15, 0.2) is 47.6 Å². The lowest BCUT2D eigenvalue weighted by molar-refractivity contribution is -0.384. The smallest absolute Gasteiger partial charge is 0.358 e. The lowest BCUT2D eigenvalue weighted by Crippen LogP contribution is -2.06. The van der Waals surface area contributed by atoms with Crippen LogP contribution >= 0.6 is 0 Å². The van der Waals surface area contributed by atoms with E-state index in [4.69, 9.17) is 0 Å². The molecule has 9 heteroatoms. The van der Waals surface area contributed by atoms with Crippen LogP contribution in [0.1, 0.15) is 16.8 Å². The van der Waals surface area contributed by atoms with Crippen molar-refractivity contribution >= 4 is 28.5 Å². The zero-order chi connectivity index (χ0) is 18.9. The highest BCUT2D eigenvalue weighted by Crippen LogP contribution is 2.34. The molecule has 0 atom stereocenters. The molecule has 26 heavy (non-hydrogen) atoms. The van der Waals surface area contributed by atoms with Crippen LogP contribution in [0.4, 0.5) is 24.5 Å². The molecule has 1 heterocycles. The van der Waals surface area contributed by atoms with E-state index in [1.54, 1.807) is 0 Å². The number of halogens is 3. The predicted octanol–water partition coefficient (Wildman–Crippen LogP) is 4.85. The first-order valence-corrected chi connectivity index (χ1v) is 7.49. The number of benzene rings is 2. The number of aromatic nitrogens is 1. The Morgan fingerprint density at radius 1 is 1.23 bits per heavy atom. The van der Waals surface area contributed by atoms with Gasteiger partial charge < -0.3 is 4.98 Å². The second kappa shape index (κ2) is 6.51. The number of hydrogen-bond acceptors (Lipinski definition) is 4. The van der Waals surface area contributed by atoms with Crippen molar-refractivity contribution in [3.63, 3.8) is 0 Å². The molecule has 2 aromatic carbocycles. The first-order valence-electron chi connectivity index (χ1n) is 7.49. The number of aromatic amines is 1. The van der Waals surface area contributed by atoms with Gasteiger partial charge in [0.2, 0.25) is 0 Å². The molecule has 134 valence electrons. The zero-order valence-electron chi connectivity index (χ0n) is 13.5. The summed E-state index contributed by atoms with van der Waals surface area (Å²) >= 11 is 0. The second-order valence-corrected chi connectivity index (χ2v) is 5.57. The number of aryl methyl sites for hydroxylation is 1. The number of H-pyrrole nitrogens is 1. The summed E-state index contributed by atoms with van der Waals surface area (Å²) in [5.74, 6) is 0. The molecule has 2 N–H and O–H groups in total. The molecule has 0 aliphatic carbocycles. The van der Waals surface area contributed by atoms with Gasteiger partial charge >= 0.3 is 6.18 Å². The van der Waals surface area contributed by atoms with Crippen LogP contribution < -0.4 is 5.43 Å². The summed E-state index contributed by atoms with van der Waals surface area (Å²) < 4.78 is 38.5. The number of nitro groups is 1. The fourth-order valence-electron chi connectivity index (χ4n) is 2.59. The van der Waals surface area contributed by atoms with E-state index in [0.29, 0.717) is 12.1 Å². The van der Waals surface area contributed by atoms with E-state index in [0.717, 1.165) is 28.2 Å². The second-order valence-electron chi connectivity index (χ2n) is 5.57. The van der Waals surface area contributed by atoms with Crippen molar-refractivity contribution in [2.75, 3.05) is 5.43 Å². The highest BCUT2D eigenvalue weighted by Gasteiger charge is 2.32. The van der Waals surface area contributed by atoms with Gasteiger partial charge in [-0.15, -0.1) is 0 Å². The summed E-state index contributed by atoms with van der Waals surface area (Å²) in [6.07, 6.45) is -3.19. The molecule has 6 nitrogen and oxygen atoms in total. The van der Waals surface area contributed by atoms with E-state index in [2.05, 4.69) is 15.5 Å². The third-order valence-corrected chi connectivity index (χ3v) is 3.84. The Balaban J connectivity index is 1.94. The topological polar surface area (TPSA) is 83.3 Å². The Morgan fingerprint density at radius 2 is 1.96 bits per heavy atom. The monoisotopic (exact) mass is 362 g/mol. The average Bonchev–Trinajstić information content (AvgIpc) is 2.89. The molecule has 0 unspecified atom stereocenters. The molecule has 0 bridgehead atoms. The molecule has 0 saturated carbocycles. The number of hydrazone groups is 1. The maximum atomic E-state index is 12.8. The van der Waals surface area contributed by atoms with Gasteiger partial charge in [0.05, 0.1) is 16.7 Å². The van der Waals surface area contributed by atoms with Crippen molar-refractivity contribution in [1.82, 2.24) is 4.98 Å². The summed E-state index contributed by atoms with van der Waals surface area (Å²) in [6, 6.07) is 9.59. The molecule has 0 radical (unpaired) electrons. The standard InChI is InChI=1S/C17H13F3N4O2/c1-10-13(12-4-2-3-5-14(12)22-10)9-21-23-15-8-11(17(18,19)20)6-7-16(15)24(25)26/h2-9,22-23H,1H3/b21-9-. The number of fused-ring (bicyclic) bond motifs is 1. The van der Waals surface area contributed by atoms with Gasteiger partial charge in [0, 0.05) is 28.2 Å². The molecule has 0 spiro atoms. The van der Waals surface area contributed by atoms with Crippen molar-refractivity contribution in [3.05, 3.63) is 69.4 Å². The van der Waals surface area contributed by atoms with Crippen molar-refractivity contribution in [1.29, 1.82) is 0 Å². The minimum Gasteiger partial charge on any atom is -0.358 e. The highest BCUT2D eigenvalue weighted by atomic mass is 19.4. The molecule has 0 fully saturated rings. The molecule has 3 rings (SSSR count). The van der Waals surface area contributed by atoms with Gasteiger partial charge in [0.1, 0.15) is 5.69 Å². The Hall–Kier alpha value is -3.36. The van der Waals surface area contributed by atoms with Gasteiger partial charge in [-0.05, 0) is 25.1 Å². The maximum absolute atomic E-state index is 12.8. The number of nitrogens with zero attached hydrogens (tertiary/aromatic N) is 2. The van der Waals surface area contributed by atoms with E-state index in [-0.39, 0.29) is 5.69 Å². The molecule has 0 amide bonds. The van der Waals surface area contributed by atoms with E-state index in [9.17, 15) is 23.3 Å². The van der Waals surface area contributed by atoms with E-state index < -0.39 is 22.4 Å². The van der Waals surface area contributed by atoms with Crippen LogP contribution in [0.3, 0.4) is 0 Å². The van der Waals surface area contributed by atoms with Crippen LogP contribution in [0.2, 0.25) is 0 Å². The van der Waals surface area contributed by atoms with Gasteiger partial charge in [-0.1, -0.05) is 18.2 Å². The first-order chi connectivity index (χ1) is 12.3. The maximum Gasteiger partial charge on any atom is 0.416 e. The molecule has 1 aromatic heterocycles. The quantitative estimate of drug-likeness (QED) is 0.395. The van der Waals surface area contributed by atoms with Gasteiger partial charge in [-0.3, -0.25) is 15.5 Å². The number of rotatable bonds is 4. The number of anilines is 1. The molecular weight excluding hydrogens is 349 g/mol. The normalized spacial score (nSPS) is 12.0. The molecule has 0 saturated heterocycles. The van der Waals surface area contributed by atoms with E-state index >= 15 is 0 Å². The van der Waals surface area contributed by atoms with Gasteiger partial charge in [-0.25, -0.2) is 0 Å². The Morgan fingerprint density at radius 3 is 2.65 bits per heavy atom. The minimum atomic E-state index is -4.61. The molecule has 0 aliphatic heterocycles. The van der Waals surface area contributed by atoms with Crippen LogP contribution in [0, 0.1) is 17.0 Å². The summed E-state index contributed by atoms with van der Waals surface area (Å²) in [7, 11) is 0. The molecular formula is C17H13F3N4O2. The molecule has 3 aromatic rings. The number of para-hydroxylation sites is 1. The third kappa shape index (κ3) is 3.37.